The van der Waals surface area contributed by atoms with E-state index in [-0.39, 0.29) is 5.54 Å². The molecule has 0 amide bonds. The Morgan fingerprint density at radius 3 is 2.59 bits per heavy atom. The lowest BCUT2D eigenvalue weighted by molar-refractivity contribution is 0.171. The molecule has 0 fully saturated rings. The van der Waals surface area contributed by atoms with Crippen molar-refractivity contribution >= 4 is 27.7 Å². The van der Waals surface area contributed by atoms with Crippen molar-refractivity contribution in [1.82, 2.24) is 20.2 Å². The molecular weight excluding hydrogens is 368 g/mol. The fraction of sp³-hybridized carbons (Fsp3) is 0.500. The Hall–Kier alpha value is -1.28. The van der Waals surface area contributed by atoms with Crippen molar-refractivity contribution in [2.24, 2.45) is 0 Å². The number of benzene rings is 1. The lowest BCUT2D eigenvalue weighted by Gasteiger charge is -2.21. The summed E-state index contributed by atoms with van der Waals surface area (Å²) in [4.78, 5) is 0. The van der Waals surface area contributed by atoms with Gasteiger partial charge in [-0.2, -0.15) is 0 Å². The maximum atomic E-state index is 5.63. The Balaban J connectivity index is 1.79. The normalized spacial score (nSPS) is 14.2. The van der Waals surface area contributed by atoms with Crippen LogP contribution in [0.5, 0.6) is 11.5 Å². The number of nitrogens with zero attached hydrogens (tertiary/aromatic N) is 4. The molecule has 0 saturated heterocycles. The number of ether oxygens (including phenoxy) is 2. The van der Waals surface area contributed by atoms with E-state index in [4.69, 9.17) is 9.47 Å². The number of fused-ring (bicyclic) bond motifs is 1. The van der Waals surface area contributed by atoms with Crippen molar-refractivity contribution in [2.75, 3.05) is 13.2 Å². The van der Waals surface area contributed by atoms with Crippen LogP contribution in [0.2, 0.25) is 0 Å². The SMILES string of the molecule is CC(C)(C)n1nnnc1SCc1cc2c(cc1Br)OCCO2. The maximum absolute atomic E-state index is 5.63. The Bertz CT molecular complexity index is 684. The Kier molecular flexibility index (Phi) is 4.31. The zero-order chi connectivity index (χ0) is 15.7. The van der Waals surface area contributed by atoms with Crippen LogP contribution in [0.1, 0.15) is 26.3 Å². The van der Waals surface area contributed by atoms with Crippen LogP contribution < -0.4 is 9.47 Å². The molecule has 0 spiro atoms. The Morgan fingerprint density at radius 2 is 1.91 bits per heavy atom. The van der Waals surface area contributed by atoms with E-state index in [1.807, 2.05) is 16.8 Å². The molecule has 1 aliphatic rings. The fourth-order valence-electron chi connectivity index (χ4n) is 2.05. The molecule has 0 saturated carbocycles. The third-order valence-corrected chi connectivity index (χ3v) is 4.85. The molecular formula is C14H17BrN4O2S. The van der Waals surface area contributed by atoms with Crippen LogP contribution in [-0.2, 0) is 11.3 Å². The van der Waals surface area contributed by atoms with Crippen molar-refractivity contribution in [3.8, 4) is 11.5 Å². The monoisotopic (exact) mass is 384 g/mol. The van der Waals surface area contributed by atoms with E-state index >= 15 is 0 Å². The summed E-state index contributed by atoms with van der Waals surface area (Å²) in [5, 5.41) is 12.8. The van der Waals surface area contributed by atoms with E-state index < -0.39 is 0 Å². The second kappa shape index (κ2) is 6.08. The number of hydrogen-bond acceptors (Lipinski definition) is 6. The summed E-state index contributed by atoms with van der Waals surface area (Å²) in [6.45, 7) is 7.41. The molecule has 6 nitrogen and oxygen atoms in total. The molecule has 0 aliphatic carbocycles. The summed E-state index contributed by atoms with van der Waals surface area (Å²) >= 11 is 5.19. The second-order valence-corrected chi connectivity index (χ2v) is 7.72. The number of thioether (sulfide) groups is 1. The van der Waals surface area contributed by atoms with Crippen LogP contribution in [0.4, 0.5) is 0 Å². The van der Waals surface area contributed by atoms with Gasteiger partial charge in [-0.3, -0.25) is 0 Å². The maximum Gasteiger partial charge on any atom is 0.210 e. The van der Waals surface area contributed by atoms with Crippen LogP contribution in [0.25, 0.3) is 0 Å². The molecule has 1 aromatic carbocycles. The zero-order valence-corrected chi connectivity index (χ0v) is 15.1. The summed E-state index contributed by atoms with van der Waals surface area (Å²) in [6.07, 6.45) is 0. The number of tetrazole rings is 1. The van der Waals surface area contributed by atoms with E-state index in [0.717, 1.165) is 32.4 Å². The van der Waals surface area contributed by atoms with Crippen LogP contribution >= 0.6 is 27.7 Å². The molecule has 22 heavy (non-hydrogen) atoms. The van der Waals surface area contributed by atoms with Gasteiger partial charge in [0.1, 0.15) is 13.2 Å². The van der Waals surface area contributed by atoms with Crippen molar-refractivity contribution in [1.29, 1.82) is 0 Å². The topological polar surface area (TPSA) is 62.1 Å². The third-order valence-electron chi connectivity index (χ3n) is 3.14. The van der Waals surface area contributed by atoms with Gasteiger partial charge in [-0.15, -0.1) is 5.10 Å². The summed E-state index contributed by atoms with van der Waals surface area (Å²) < 4.78 is 14.0. The lowest BCUT2D eigenvalue weighted by atomic mass is 10.1. The molecule has 0 N–H and O–H groups in total. The predicted octanol–water partition coefficient (Wildman–Crippen LogP) is 3.25. The highest BCUT2D eigenvalue weighted by molar-refractivity contribution is 9.10. The van der Waals surface area contributed by atoms with Crippen molar-refractivity contribution in [3.63, 3.8) is 0 Å². The van der Waals surface area contributed by atoms with Gasteiger partial charge in [0.05, 0.1) is 5.54 Å². The van der Waals surface area contributed by atoms with Crippen molar-refractivity contribution in [2.45, 2.75) is 37.2 Å². The Labute approximate surface area is 141 Å². The minimum Gasteiger partial charge on any atom is -0.486 e. The first-order valence-corrected chi connectivity index (χ1v) is 8.73. The minimum absolute atomic E-state index is 0.143. The molecule has 2 heterocycles. The van der Waals surface area contributed by atoms with Crippen LogP contribution in [0, 0.1) is 0 Å². The first-order valence-electron chi connectivity index (χ1n) is 6.95. The average molecular weight is 385 g/mol. The van der Waals surface area contributed by atoms with Crippen molar-refractivity contribution in [3.05, 3.63) is 22.2 Å². The lowest BCUT2D eigenvalue weighted by Crippen LogP contribution is -2.24. The van der Waals surface area contributed by atoms with Crippen LogP contribution in [-0.4, -0.2) is 33.4 Å². The van der Waals surface area contributed by atoms with E-state index in [1.165, 1.54) is 0 Å². The van der Waals surface area contributed by atoms with Gasteiger partial charge in [-0.05, 0) is 48.9 Å². The van der Waals surface area contributed by atoms with Crippen LogP contribution in [0.3, 0.4) is 0 Å². The largest absolute Gasteiger partial charge is 0.486 e. The highest BCUT2D eigenvalue weighted by Crippen LogP contribution is 2.37. The minimum atomic E-state index is -0.143. The summed E-state index contributed by atoms with van der Waals surface area (Å²) in [5.74, 6) is 2.32. The molecule has 0 radical (unpaired) electrons. The highest BCUT2D eigenvalue weighted by Gasteiger charge is 2.21. The van der Waals surface area contributed by atoms with Gasteiger partial charge in [0.2, 0.25) is 5.16 Å². The predicted molar refractivity (Wildman–Crippen MR) is 87.5 cm³/mol. The number of rotatable bonds is 3. The number of aromatic nitrogens is 4. The second-order valence-electron chi connectivity index (χ2n) is 5.92. The zero-order valence-electron chi connectivity index (χ0n) is 12.7. The molecule has 118 valence electrons. The van der Waals surface area contributed by atoms with Gasteiger partial charge in [-0.1, -0.05) is 27.7 Å². The average Bonchev–Trinajstić information content (AvgIpc) is 2.93. The molecule has 3 rings (SSSR count). The molecule has 0 unspecified atom stereocenters. The van der Waals surface area contributed by atoms with Gasteiger partial charge >= 0.3 is 0 Å². The van der Waals surface area contributed by atoms with Gasteiger partial charge < -0.3 is 9.47 Å². The Morgan fingerprint density at radius 1 is 1.23 bits per heavy atom. The van der Waals surface area contributed by atoms with E-state index in [1.54, 1.807) is 11.8 Å². The van der Waals surface area contributed by atoms with Crippen molar-refractivity contribution < 1.29 is 9.47 Å². The quantitative estimate of drug-likeness (QED) is 0.756. The first kappa shape index (κ1) is 15.6. The van der Waals surface area contributed by atoms with Crippen LogP contribution in [0.15, 0.2) is 21.8 Å². The standard InChI is InChI=1S/C14H17BrN4O2S/c1-14(2,3)19-13(16-17-18-19)22-8-9-6-11-12(7-10(9)15)21-5-4-20-11/h6-7H,4-5,8H2,1-3H3. The highest BCUT2D eigenvalue weighted by atomic mass is 79.9. The number of halogens is 1. The van der Waals surface area contributed by atoms with E-state index in [2.05, 4.69) is 52.2 Å². The molecule has 8 heteroatoms. The first-order chi connectivity index (χ1) is 10.4. The smallest absolute Gasteiger partial charge is 0.210 e. The summed E-state index contributed by atoms with van der Waals surface area (Å²) in [6, 6.07) is 3.97. The van der Waals surface area contributed by atoms with Gasteiger partial charge in [-0.25, -0.2) is 4.68 Å². The van der Waals surface area contributed by atoms with E-state index in [0.29, 0.717) is 13.2 Å². The molecule has 1 aromatic heterocycles. The fourth-order valence-corrected chi connectivity index (χ4v) is 3.75. The summed E-state index contributed by atoms with van der Waals surface area (Å²) in [7, 11) is 0. The molecule has 0 bridgehead atoms. The van der Waals surface area contributed by atoms with E-state index in [9.17, 15) is 0 Å². The molecule has 0 atom stereocenters. The third kappa shape index (κ3) is 3.22. The van der Waals surface area contributed by atoms with Gasteiger partial charge in [0, 0.05) is 10.2 Å². The van der Waals surface area contributed by atoms with Gasteiger partial charge in [0.15, 0.2) is 11.5 Å². The summed E-state index contributed by atoms with van der Waals surface area (Å²) in [5.41, 5.74) is 0.980. The van der Waals surface area contributed by atoms with Gasteiger partial charge in [0.25, 0.3) is 0 Å². The number of hydrogen-bond donors (Lipinski definition) is 0. The molecule has 1 aliphatic heterocycles. The molecule has 2 aromatic rings.